The lowest BCUT2D eigenvalue weighted by molar-refractivity contribution is 0.00730. The van der Waals surface area contributed by atoms with Crippen LogP contribution < -0.4 is 10.3 Å². The molecule has 1 N–H and O–H groups in total. The number of nitrogens with one attached hydrogen (secondary N) is 1. The highest BCUT2D eigenvalue weighted by Gasteiger charge is 2.25. The largest absolute Gasteiger partial charge is 0.376 e. The van der Waals surface area contributed by atoms with Gasteiger partial charge in [-0.05, 0) is 74.8 Å². The molecule has 176 valence electrons. The van der Waals surface area contributed by atoms with E-state index in [1.54, 1.807) is 31.3 Å². The van der Waals surface area contributed by atoms with Crippen LogP contribution in [-0.4, -0.2) is 38.2 Å². The van der Waals surface area contributed by atoms with E-state index in [9.17, 15) is 22.0 Å². The third kappa shape index (κ3) is 6.46. The molecule has 1 aromatic carbocycles. The van der Waals surface area contributed by atoms with Crippen LogP contribution in [0.1, 0.15) is 54.3 Å². The van der Waals surface area contributed by atoms with Crippen LogP contribution in [0, 0.1) is 19.7 Å². The molecule has 1 atom stereocenters. The Labute approximate surface area is 187 Å². The summed E-state index contributed by atoms with van der Waals surface area (Å²) in [6.07, 6.45) is 4.90. The average molecular weight is 469 g/mol. The number of hydrogen-bond acceptors (Lipinski definition) is 4. The predicted octanol–water partition coefficient (Wildman–Crippen LogP) is 3.73. The van der Waals surface area contributed by atoms with Gasteiger partial charge in [0, 0.05) is 18.3 Å². The molecule has 0 radical (unpaired) electrons. The molecule has 0 aliphatic heterocycles. The molecule has 1 heterocycles. The third-order valence-corrected chi connectivity index (χ3v) is 6.85. The van der Waals surface area contributed by atoms with Gasteiger partial charge in [-0.3, -0.25) is 4.79 Å². The molecule has 0 unspecified atom stereocenters. The summed E-state index contributed by atoms with van der Waals surface area (Å²) in [6.45, 7) is 3.52. The zero-order valence-corrected chi connectivity index (χ0v) is 19.2. The Morgan fingerprint density at radius 1 is 1.19 bits per heavy atom. The molecule has 0 spiro atoms. The second-order valence-corrected chi connectivity index (χ2v) is 10.2. The molecule has 0 saturated heterocycles. The Hall–Kier alpha value is -2.10. The summed E-state index contributed by atoms with van der Waals surface area (Å²) in [4.78, 5) is 12.7. The first kappa shape index (κ1) is 24.5. The first-order valence-corrected chi connectivity index (χ1v) is 12.4. The Bertz CT molecular complexity index is 1080. The van der Waals surface area contributed by atoms with Gasteiger partial charge in [-0.25, -0.2) is 21.9 Å². The molecule has 1 aliphatic rings. The molecule has 2 aromatic rings. The van der Waals surface area contributed by atoms with E-state index in [0.717, 1.165) is 36.8 Å². The fourth-order valence-electron chi connectivity index (χ4n) is 4.26. The number of ether oxygens (including phenoxy) is 1. The van der Waals surface area contributed by atoms with Gasteiger partial charge in [0.25, 0.3) is 5.56 Å². The minimum absolute atomic E-state index is 0.0401. The number of alkyl halides is 1. The zero-order valence-electron chi connectivity index (χ0n) is 18.4. The Morgan fingerprint density at radius 2 is 1.91 bits per heavy atom. The molecule has 0 amide bonds. The number of aromatic nitrogens is 1. The van der Waals surface area contributed by atoms with E-state index in [1.807, 2.05) is 13.0 Å². The van der Waals surface area contributed by atoms with Crippen LogP contribution in [0.5, 0.6) is 0 Å². The first-order valence-electron chi connectivity index (χ1n) is 10.8. The van der Waals surface area contributed by atoms with Crippen LogP contribution in [-0.2, 0) is 14.8 Å². The van der Waals surface area contributed by atoms with Crippen molar-refractivity contribution >= 4 is 10.0 Å². The van der Waals surface area contributed by atoms with Crippen molar-refractivity contribution in [2.75, 3.05) is 19.2 Å². The van der Waals surface area contributed by atoms with Crippen LogP contribution in [0.15, 0.2) is 41.3 Å². The van der Waals surface area contributed by atoms with Gasteiger partial charge in [0.05, 0.1) is 18.8 Å². The Balaban J connectivity index is 1.66. The third-order valence-electron chi connectivity index (χ3n) is 5.95. The van der Waals surface area contributed by atoms with Crippen molar-refractivity contribution in [2.45, 2.75) is 57.6 Å². The summed E-state index contributed by atoms with van der Waals surface area (Å²) >= 11 is 0. The number of nitrogens with zero attached hydrogens (tertiary/aromatic N) is 1. The van der Waals surface area contributed by atoms with E-state index in [4.69, 9.17) is 4.74 Å². The standard InChI is InChI=1S/C23H30F2N2O4S/c1-16-10-17(2)23(28)27(13-16)21(12-26-32(29,30)15-24)14-31-22-8-6-18(7-9-22)19-4-3-5-20(25)11-19/h3-5,10-11,13,18,21-22,26H,6-9,12,14-15H2,1-2H3/t18-,21-,22+/m0/s1. The summed E-state index contributed by atoms with van der Waals surface area (Å²) in [5.41, 5.74) is 2.15. The van der Waals surface area contributed by atoms with Crippen LogP contribution in [0.2, 0.25) is 0 Å². The lowest BCUT2D eigenvalue weighted by Gasteiger charge is -2.30. The van der Waals surface area contributed by atoms with Gasteiger partial charge in [-0.2, -0.15) is 0 Å². The first-order chi connectivity index (χ1) is 15.2. The number of sulfonamides is 1. The van der Waals surface area contributed by atoms with Crippen LogP contribution in [0.3, 0.4) is 0 Å². The van der Waals surface area contributed by atoms with Crippen molar-refractivity contribution in [3.63, 3.8) is 0 Å². The lowest BCUT2D eigenvalue weighted by Crippen LogP contribution is -2.39. The highest BCUT2D eigenvalue weighted by molar-refractivity contribution is 7.89. The SMILES string of the molecule is Cc1cc(C)c(=O)n([C@@H](CNS(=O)(=O)CF)CO[C@H]2CC[C@@H](c3cccc(F)c3)CC2)c1. The second kappa shape index (κ2) is 10.7. The molecular weight excluding hydrogens is 438 g/mol. The van der Waals surface area contributed by atoms with Gasteiger partial charge >= 0.3 is 0 Å². The number of halogens is 2. The van der Waals surface area contributed by atoms with Crippen molar-refractivity contribution in [1.29, 1.82) is 0 Å². The maximum Gasteiger partial charge on any atom is 0.253 e. The Morgan fingerprint density at radius 3 is 2.56 bits per heavy atom. The van der Waals surface area contributed by atoms with Crippen LogP contribution >= 0.6 is 0 Å². The number of rotatable bonds is 9. The number of pyridine rings is 1. The summed E-state index contributed by atoms with van der Waals surface area (Å²) < 4.78 is 59.2. The van der Waals surface area contributed by atoms with Gasteiger partial charge < -0.3 is 9.30 Å². The maximum absolute atomic E-state index is 13.5. The van der Waals surface area contributed by atoms with Crippen LogP contribution in [0.25, 0.3) is 0 Å². The molecule has 1 aliphatic carbocycles. The van der Waals surface area contributed by atoms with Gasteiger partial charge in [0.15, 0.2) is 0 Å². The summed E-state index contributed by atoms with van der Waals surface area (Å²) in [7, 11) is -4.06. The van der Waals surface area contributed by atoms with Gasteiger partial charge in [-0.15, -0.1) is 0 Å². The molecule has 32 heavy (non-hydrogen) atoms. The van der Waals surface area contributed by atoms with E-state index in [-0.39, 0.29) is 36.5 Å². The van der Waals surface area contributed by atoms with E-state index >= 15 is 0 Å². The topological polar surface area (TPSA) is 77.4 Å². The quantitative estimate of drug-likeness (QED) is 0.608. The minimum atomic E-state index is -4.06. The molecule has 1 fully saturated rings. The number of aryl methyl sites for hydroxylation is 2. The highest BCUT2D eigenvalue weighted by Crippen LogP contribution is 2.34. The van der Waals surface area contributed by atoms with Crippen molar-refractivity contribution in [3.05, 3.63) is 69.4 Å². The van der Waals surface area contributed by atoms with E-state index < -0.39 is 22.1 Å². The van der Waals surface area contributed by atoms with Crippen molar-refractivity contribution in [1.82, 2.24) is 9.29 Å². The Kier molecular flexibility index (Phi) is 8.19. The smallest absolute Gasteiger partial charge is 0.253 e. The highest BCUT2D eigenvalue weighted by atomic mass is 32.2. The summed E-state index contributed by atoms with van der Waals surface area (Å²) in [5.74, 6) is 0.0399. The predicted molar refractivity (Wildman–Crippen MR) is 119 cm³/mol. The summed E-state index contributed by atoms with van der Waals surface area (Å²) in [5, 5.41) is 0. The van der Waals surface area contributed by atoms with E-state index in [0.29, 0.717) is 5.56 Å². The summed E-state index contributed by atoms with van der Waals surface area (Å²) in [6, 6.07) is 6.30. The molecule has 3 rings (SSSR count). The number of hydrogen-bond donors (Lipinski definition) is 1. The fourth-order valence-corrected chi connectivity index (χ4v) is 4.79. The zero-order chi connectivity index (χ0) is 23.3. The van der Waals surface area contributed by atoms with Crippen molar-refractivity contribution in [3.8, 4) is 0 Å². The molecule has 9 heteroatoms. The molecule has 1 aromatic heterocycles. The average Bonchev–Trinajstić information content (AvgIpc) is 2.77. The molecule has 6 nitrogen and oxygen atoms in total. The number of benzene rings is 1. The van der Waals surface area contributed by atoms with Gasteiger partial charge in [0.2, 0.25) is 16.0 Å². The van der Waals surface area contributed by atoms with Gasteiger partial charge in [-0.1, -0.05) is 12.1 Å². The minimum Gasteiger partial charge on any atom is -0.376 e. The molecule has 1 saturated carbocycles. The van der Waals surface area contributed by atoms with Gasteiger partial charge in [0.1, 0.15) is 5.82 Å². The molecule has 0 bridgehead atoms. The molecular formula is C23H30F2N2O4S. The van der Waals surface area contributed by atoms with E-state index in [2.05, 4.69) is 4.72 Å². The van der Waals surface area contributed by atoms with Crippen molar-refractivity contribution in [2.24, 2.45) is 0 Å². The van der Waals surface area contributed by atoms with E-state index in [1.165, 1.54) is 10.6 Å². The second-order valence-electron chi connectivity index (χ2n) is 8.50. The monoisotopic (exact) mass is 468 g/mol. The maximum atomic E-state index is 13.5. The fraction of sp³-hybridized carbons (Fsp3) is 0.522. The van der Waals surface area contributed by atoms with Crippen molar-refractivity contribution < 1.29 is 21.9 Å². The van der Waals surface area contributed by atoms with Crippen LogP contribution in [0.4, 0.5) is 8.78 Å². The normalized spacial score (nSPS) is 20.2. The lowest BCUT2D eigenvalue weighted by atomic mass is 9.83.